The number of rotatable bonds is 8. The quantitative estimate of drug-likeness (QED) is 0.734. The molecule has 3 nitrogen and oxygen atoms in total. The lowest BCUT2D eigenvalue weighted by molar-refractivity contribution is 0.0790. The van der Waals surface area contributed by atoms with Crippen molar-refractivity contribution in [3.63, 3.8) is 0 Å². The monoisotopic (exact) mass is 265 g/mol. The molecule has 0 aliphatic rings. The van der Waals surface area contributed by atoms with Gasteiger partial charge in [-0.25, -0.2) is 0 Å². The average molecular weight is 265 g/mol. The first-order valence-electron chi connectivity index (χ1n) is 7.13. The van der Waals surface area contributed by atoms with Gasteiger partial charge in [-0.3, -0.25) is 4.90 Å². The van der Waals surface area contributed by atoms with Crippen LogP contribution in [0.15, 0.2) is 18.2 Å². The second-order valence-electron chi connectivity index (χ2n) is 4.97. The SMILES string of the molecule is CCOCCN(CC)CC(O)c1ccc(C)cc1C. The van der Waals surface area contributed by atoms with Crippen LogP contribution in [0.5, 0.6) is 0 Å². The van der Waals surface area contributed by atoms with Gasteiger partial charge in [0.15, 0.2) is 0 Å². The molecule has 0 heterocycles. The first-order chi connectivity index (χ1) is 9.08. The van der Waals surface area contributed by atoms with Crippen molar-refractivity contribution in [2.24, 2.45) is 0 Å². The predicted octanol–water partition coefficient (Wildman–Crippen LogP) is 2.70. The van der Waals surface area contributed by atoms with Crippen LogP contribution in [-0.2, 0) is 4.74 Å². The summed E-state index contributed by atoms with van der Waals surface area (Å²) in [7, 11) is 0. The highest BCUT2D eigenvalue weighted by molar-refractivity contribution is 5.32. The molecular formula is C16H27NO2. The van der Waals surface area contributed by atoms with Gasteiger partial charge in [0, 0.05) is 19.7 Å². The zero-order valence-electron chi connectivity index (χ0n) is 12.6. The summed E-state index contributed by atoms with van der Waals surface area (Å²) >= 11 is 0. The van der Waals surface area contributed by atoms with Gasteiger partial charge < -0.3 is 9.84 Å². The number of hydrogen-bond donors (Lipinski definition) is 1. The minimum Gasteiger partial charge on any atom is -0.387 e. The molecule has 0 bridgehead atoms. The van der Waals surface area contributed by atoms with Crippen LogP contribution in [0.1, 0.15) is 36.6 Å². The van der Waals surface area contributed by atoms with E-state index < -0.39 is 6.10 Å². The van der Waals surface area contributed by atoms with Crippen molar-refractivity contribution < 1.29 is 9.84 Å². The third-order valence-corrected chi connectivity index (χ3v) is 3.42. The Morgan fingerprint density at radius 1 is 1.26 bits per heavy atom. The van der Waals surface area contributed by atoms with Crippen molar-refractivity contribution in [3.05, 3.63) is 34.9 Å². The lowest BCUT2D eigenvalue weighted by Crippen LogP contribution is -2.32. The Morgan fingerprint density at radius 3 is 2.58 bits per heavy atom. The van der Waals surface area contributed by atoms with E-state index in [-0.39, 0.29) is 0 Å². The number of benzene rings is 1. The van der Waals surface area contributed by atoms with Crippen LogP contribution >= 0.6 is 0 Å². The first kappa shape index (κ1) is 16.2. The molecule has 0 aliphatic heterocycles. The number of hydrogen-bond acceptors (Lipinski definition) is 3. The Bertz CT molecular complexity index is 379. The van der Waals surface area contributed by atoms with Crippen LogP contribution in [-0.4, -0.2) is 42.9 Å². The molecule has 1 aromatic rings. The summed E-state index contributed by atoms with van der Waals surface area (Å²) in [6.07, 6.45) is -0.429. The van der Waals surface area contributed by atoms with Gasteiger partial charge in [0.2, 0.25) is 0 Å². The van der Waals surface area contributed by atoms with Crippen molar-refractivity contribution in [2.75, 3.05) is 32.8 Å². The molecule has 1 atom stereocenters. The molecule has 0 aromatic heterocycles. The number of aliphatic hydroxyl groups excluding tert-OH is 1. The van der Waals surface area contributed by atoms with E-state index in [1.54, 1.807) is 0 Å². The van der Waals surface area contributed by atoms with Gasteiger partial charge in [0.25, 0.3) is 0 Å². The highest BCUT2D eigenvalue weighted by Crippen LogP contribution is 2.19. The van der Waals surface area contributed by atoms with Crippen molar-refractivity contribution in [1.29, 1.82) is 0 Å². The summed E-state index contributed by atoms with van der Waals surface area (Å²) < 4.78 is 5.37. The van der Waals surface area contributed by atoms with Gasteiger partial charge in [0.05, 0.1) is 12.7 Å². The average Bonchev–Trinajstić information content (AvgIpc) is 2.37. The standard InChI is InChI=1S/C16H27NO2/c1-5-17(9-10-19-6-2)12-16(18)15-8-7-13(3)11-14(15)4/h7-8,11,16,18H,5-6,9-10,12H2,1-4H3. The predicted molar refractivity (Wildman–Crippen MR) is 79.5 cm³/mol. The van der Waals surface area contributed by atoms with Crippen molar-refractivity contribution in [1.82, 2.24) is 4.90 Å². The second kappa shape index (κ2) is 8.31. The molecule has 108 valence electrons. The Hall–Kier alpha value is -0.900. The van der Waals surface area contributed by atoms with Crippen molar-refractivity contribution in [3.8, 4) is 0 Å². The topological polar surface area (TPSA) is 32.7 Å². The smallest absolute Gasteiger partial charge is 0.0919 e. The molecule has 0 radical (unpaired) electrons. The number of ether oxygens (including phenoxy) is 1. The van der Waals surface area contributed by atoms with Gasteiger partial charge in [0.1, 0.15) is 0 Å². The molecule has 0 amide bonds. The van der Waals surface area contributed by atoms with E-state index in [0.717, 1.165) is 37.4 Å². The van der Waals surface area contributed by atoms with E-state index in [4.69, 9.17) is 4.74 Å². The van der Waals surface area contributed by atoms with E-state index in [2.05, 4.69) is 37.8 Å². The molecule has 0 fully saturated rings. The minimum absolute atomic E-state index is 0.429. The maximum absolute atomic E-state index is 10.4. The van der Waals surface area contributed by atoms with Crippen LogP contribution in [0.3, 0.4) is 0 Å². The molecule has 19 heavy (non-hydrogen) atoms. The van der Waals surface area contributed by atoms with E-state index in [0.29, 0.717) is 6.54 Å². The van der Waals surface area contributed by atoms with Crippen molar-refractivity contribution >= 4 is 0 Å². The normalized spacial score (nSPS) is 12.9. The fraction of sp³-hybridized carbons (Fsp3) is 0.625. The summed E-state index contributed by atoms with van der Waals surface area (Å²) in [5.41, 5.74) is 3.42. The largest absolute Gasteiger partial charge is 0.387 e. The molecular weight excluding hydrogens is 238 g/mol. The second-order valence-corrected chi connectivity index (χ2v) is 4.97. The lowest BCUT2D eigenvalue weighted by atomic mass is 10.0. The van der Waals surface area contributed by atoms with E-state index >= 15 is 0 Å². The molecule has 0 spiro atoms. The third kappa shape index (κ3) is 5.31. The molecule has 0 saturated heterocycles. The molecule has 1 aromatic carbocycles. The van der Waals surface area contributed by atoms with Crippen LogP contribution in [0.4, 0.5) is 0 Å². The number of likely N-dealkylation sites (N-methyl/N-ethyl adjacent to an activating group) is 1. The number of aliphatic hydroxyl groups is 1. The van der Waals surface area contributed by atoms with Gasteiger partial charge in [-0.2, -0.15) is 0 Å². The summed E-state index contributed by atoms with van der Waals surface area (Å²) in [4.78, 5) is 2.22. The lowest BCUT2D eigenvalue weighted by Gasteiger charge is -2.24. The number of aryl methyl sites for hydroxylation is 2. The van der Waals surface area contributed by atoms with E-state index in [1.165, 1.54) is 5.56 Å². The Balaban J connectivity index is 2.58. The van der Waals surface area contributed by atoms with Crippen molar-refractivity contribution in [2.45, 2.75) is 33.8 Å². The van der Waals surface area contributed by atoms with Crippen LogP contribution < -0.4 is 0 Å². The fourth-order valence-electron chi connectivity index (χ4n) is 2.26. The van der Waals surface area contributed by atoms with Gasteiger partial charge in [-0.15, -0.1) is 0 Å². The van der Waals surface area contributed by atoms with Crippen LogP contribution in [0.2, 0.25) is 0 Å². The summed E-state index contributed by atoms with van der Waals surface area (Å²) in [6, 6.07) is 6.21. The Labute approximate surface area is 117 Å². The van der Waals surface area contributed by atoms with Crippen LogP contribution in [0, 0.1) is 13.8 Å². The molecule has 1 rings (SSSR count). The summed E-state index contributed by atoms with van der Waals surface area (Å²) in [5.74, 6) is 0. The van der Waals surface area contributed by atoms with Gasteiger partial charge in [-0.1, -0.05) is 30.7 Å². The Kier molecular flexibility index (Phi) is 7.06. The zero-order chi connectivity index (χ0) is 14.3. The minimum atomic E-state index is -0.429. The molecule has 1 unspecified atom stereocenters. The van der Waals surface area contributed by atoms with E-state index in [9.17, 15) is 5.11 Å². The van der Waals surface area contributed by atoms with Gasteiger partial charge in [-0.05, 0) is 38.4 Å². The third-order valence-electron chi connectivity index (χ3n) is 3.42. The maximum atomic E-state index is 10.4. The molecule has 1 N–H and O–H groups in total. The van der Waals surface area contributed by atoms with Crippen LogP contribution in [0.25, 0.3) is 0 Å². The summed E-state index contributed by atoms with van der Waals surface area (Å²) in [6.45, 7) is 12.2. The van der Waals surface area contributed by atoms with Gasteiger partial charge >= 0.3 is 0 Å². The maximum Gasteiger partial charge on any atom is 0.0919 e. The molecule has 3 heteroatoms. The first-order valence-corrected chi connectivity index (χ1v) is 7.13. The Morgan fingerprint density at radius 2 is 2.00 bits per heavy atom. The fourth-order valence-corrected chi connectivity index (χ4v) is 2.26. The highest BCUT2D eigenvalue weighted by atomic mass is 16.5. The highest BCUT2D eigenvalue weighted by Gasteiger charge is 2.14. The van der Waals surface area contributed by atoms with E-state index in [1.807, 2.05) is 13.0 Å². The summed E-state index contributed by atoms with van der Waals surface area (Å²) in [5, 5.41) is 10.4. The zero-order valence-corrected chi connectivity index (χ0v) is 12.6. The number of nitrogens with zero attached hydrogens (tertiary/aromatic N) is 1. The molecule has 0 saturated carbocycles. The molecule has 0 aliphatic carbocycles.